The van der Waals surface area contributed by atoms with Crippen LogP contribution in [0.15, 0.2) is 28.7 Å². The highest BCUT2D eigenvalue weighted by atomic mass is 32.2. The Balaban J connectivity index is 2.42. The van der Waals surface area contributed by atoms with Gasteiger partial charge >= 0.3 is 0 Å². The number of halogens is 1. The summed E-state index contributed by atoms with van der Waals surface area (Å²) in [6.07, 6.45) is 2.04. The van der Waals surface area contributed by atoms with E-state index < -0.39 is 0 Å². The summed E-state index contributed by atoms with van der Waals surface area (Å²) in [5.74, 6) is 1.39. The number of para-hydroxylation sites is 1. The Hall–Kier alpha value is -1.00. The summed E-state index contributed by atoms with van der Waals surface area (Å²) >= 11 is 1.73. The van der Waals surface area contributed by atoms with Crippen LogP contribution in [0, 0.1) is 5.82 Å². The van der Waals surface area contributed by atoms with Crippen LogP contribution in [0.5, 0.6) is 0 Å². The molecule has 1 unspecified atom stereocenters. The first-order chi connectivity index (χ1) is 7.76. The van der Waals surface area contributed by atoms with Crippen LogP contribution in [-0.4, -0.2) is 19.1 Å². The van der Waals surface area contributed by atoms with Crippen molar-refractivity contribution in [2.24, 2.45) is 0 Å². The van der Waals surface area contributed by atoms with Crippen molar-refractivity contribution in [1.82, 2.24) is 5.32 Å². The molecule has 0 saturated heterocycles. The fourth-order valence-electron chi connectivity index (χ4n) is 1.69. The van der Waals surface area contributed by atoms with E-state index in [0.717, 1.165) is 16.9 Å². The number of hydrogen-bond acceptors (Lipinski definition) is 3. The van der Waals surface area contributed by atoms with Gasteiger partial charge in [-0.1, -0.05) is 12.1 Å². The molecule has 1 atom stereocenters. The molecule has 1 heterocycles. The predicted molar refractivity (Wildman–Crippen MR) is 66.4 cm³/mol. The van der Waals surface area contributed by atoms with Gasteiger partial charge in [-0.05, 0) is 25.4 Å². The second-order valence-electron chi connectivity index (χ2n) is 3.60. The molecule has 4 heteroatoms. The monoisotopic (exact) mass is 239 g/mol. The highest BCUT2D eigenvalue weighted by Crippen LogP contribution is 2.27. The van der Waals surface area contributed by atoms with E-state index in [-0.39, 0.29) is 11.9 Å². The Bertz CT molecular complexity index is 483. The second kappa shape index (κ2) is 4.89. The minimum absolute atomic E-state index is 0.127. The van der Waals surface area contributed by atoms with Crippen LogP contribution in [0.1, 0.15) is 11.8 Å². The summed E-state index contributed by atoms with van der Waals surface area (Å²) in [7, 11) is 1.88. The standard InChI is InChI=1S/C12H14FNOS/c1-14-10(7-16-2)11-6-8-4-3-5-9(13)12(8)15-11/h3-6,10,14H,7H2,1-2H3. The molecule has 0 radical (unpaired) electrons. The van der Waals surface area contributed by atoms with Crippen LogP contribution in [0.4, 0.5) is 4.39 Å². The molecule has 1 aromatic heterocycles. The van der Waals surface area contributed by atoms with Crippen molar-refractivity contribution in [1.29, 1.82) is 0 Å². The topological polar surface area (TPSA) is 25.2 Å². The van der Waals surface area contributed by atoms with Crippen LogP contribution < -0.4 is 5.32 Å². The molecule has 2 aromatic rings. The Labute approximate surface area is 98.2 Å². The molecule has 0 saturated carbocycles. The molecule has 0 bridgehead atoms. The first-order valence-corrected chi connectivity index (χ1v) is 6.49. The maximum absolute atomic E-state index is 13.4. The zero-order valence-corrected chi connectivity index (χ0v) is 10.1. The van der Waals surface area contributed by atoms with E-state index in [1.807, 2.05) is 25.4 Å². The average Bonchev–Trinajstić information content (AvgIpc) is 2.71. The summed E-state index contributed by atoms with van der Waals surface area (Å²) in [5.41, 5.74) is 0.346. The maximum atomic E-state index is 13.4. The number of nitrogens with one attached hydrogen (secondary N) is 1. The molecule has 2 rings (SSSR count). The van der Waals surface area contributed by atoms with E-state index >= 15 is 0 Å². The van der Waals surface area contributed by atoms with Crippen LogP contribution in [0.2, 0.25) is 0 Å². The number of hydrogen-bond donors (Lipinski definition) is 1. The smallest absolute Gasteiger partial charge is 0.169 e. The molecule has 0 fully saturated rings. The summed E-state index contributed by atoms with van der Waals surface area (Å²) in [6, 6.07) is 6.99. The van der Waals surface area contributed by atoms with Crippen molar-refractivity contribution in [3.63, 3.8) is 0 Å². The van der Waals surface area contributed by atoms with Crippen molar-refractivity contribution < 1.29 is 8.81 Å². The largest absolute Gasteiger partial charge is 0.456 e. The predicted octanol–water partition coefficient (Wildman–Crippen LogP) is 3.20. The highest BCUT2D eigenvalue weighted by Gasteiger charge is 2.15. The van der Waals surface area contributed by atoms with Crippen LogP contribution in [0.3, 0.4) is 0 Å². The molecular formula is C12H14FNOS. The molecule has 0 aliphatic rings. The van der Waals surface area contributed by atoms with Crippen molar-refractivity contribution in [3.05, 3.63) is 35.8 Å². The van der Waals surface area contributed by atoms with Gasteiger partial charge in [0.2, 0.25) is 0 Å². The molecule has 1 N–H and O–H groups in total. The van der Waals surface area contributed by atoms with Gasteiger partial charge in [0, 0.05) is 11.1 Å². The van der Waals surface area contributed by atoms with E-state index in [1.54, 1.807) is 17.8 Å². The van der Waals surface area contributed by atoms with Gasteiger partial charge in [0.15, 0.2) is 11.4 Å². The minimum Gasteiger partial charge on any atom is -0.456 e. The first-order valence-electron chi connectivity index (χ1n) is 5.10. The fraction of sp³-hybridized carbons (Fsp3) is 0.333. The lowest BCUT2D eigenvalue weighted by Gasteiger charge is -2.10. The lowest BCUT2D eigenvalue weighted by atomic mass is 10.2. The third kappa shape index (κ3) is 2.08. The third-order valence-electron chi connectivity index (χ3n) is 2.54. The van der Waals surface area contributed by atoms with Gasteiger partial charge in [-0.25, -0.2) is 4.39 Å². The van der Waals surface area contributed by atoms with Crippen molar-refractivity contribution in [2.75, 3.05) is 19.1 Å². The Kier molecular flexibility index (Phi) is 3.51. The number of furan rings is 1. The normalized spacial score (nSPS) is 13.2. The van der Waals surface area contributed by atoms with Gasteiger partial charge in [-0.3, -0.25) is 0 Å². The molecule has 16 heavy (non-hydrogen) atoms. The van der Waals surface area contributed by atoms with Gasteiger partial charge in [-0.15, -0.1) is 0 Å². The van der Waals surface area contributed by atoms with E-state index in [2.05, 4.69) is 5.32 Å². The van der Waals surface area contributed by atoms with Gasteiger partial charge in [0.25, 0.3) is 0 Å². The summed E-state index contributed by atoms with van der Waals surface area (Å²) in [5, 5.41) is 3.98. The van der Waals surface area contributed by atoms with E-state index in [4.69, 9.17) is 4.42 Å². The highest BCUT2D eigenvalue weighted by molar-refractivity contribution is 7.98. The molecular weight excluding hydrogens is 225 g/mol. The molecule has 0 aliphatic carbocycles. The lowest BCUT2D eigenvalue weighted by Crippen LogP contribution is -2.17. The Morgan fingerprint density at radius 2 is 2.31 bits per heavy atom. The minimum atomic E-state index is -0.303. The average molecular weight is 239 g/mol. The van der Waals surface area contributed by atoms with Gasteiger partial charge in [-0.2, -0.15) is 11.8 Å². The second-order valence-corrected chi connectivity index (χ2v) is 4.51. The molecule has 0 amide bonds. The molecule has 1 aromatic carbocycles. The Morgan fingerprint density at radius 1 is 1.50 bits per heavy atom. The quantitative estimate of drug-likeness (QED) is 0.887. The van der Waals surface area contributed by atoms with Gasteiger partial charge < -0.3 is 9.73 Å². The first kappa shape index (κ1) is 11.5. The van der Waals surface area contributed by atoms with Crippen LogP contribution >= 0.6 is 11.8 Å². The van der Waals surface area contributed by atoms with E-state index in [0.29, 0.717) is 5.58 Å². The molecule has 0 aliphatic heterocycles. The summed E-state index contributed by atoms with van der Waals surface area (Å²) in [4.78, 5) is 0. The fourth-order valence-corrected chi connectivity index (χ4v) is 2.36. The summed E-state index contributed by atoms with van der Waals surface area (Å²) < 4.78 is 19.0. The van der Waals surface area contributed by atoms with Crippen LogP contribution in [-0.2, 0) is 0 Å². The summed E-state index contributed by atoms with van der Waals surface area (Å²) in [6.45, 7) is 0. The van der Waals surface area contributed by atoms with Gasteiger partial charge in [0.05, 0.1) is 6.04 Å². The lowest BCUT2D eigenvalue weighted by molar-refractivity contribution is 0.466. The number of rotatable bonds is 4. The zero-order chi connectivity index (χ0) is 11.5. The van der Waals surface area contributed by atoms with Crippen molar-refractivity contribution in [2.45, 2.75) is 6.04 Å². The van der Waals surface area contributed by atoms with E-state index in [1.165, 1.54) is 6.07 Å². The van der Waals surface area contributed by atoms with Crippen molar-refractivity contribution in [3.8, 4) is 0 Å². The Morgan fingerprint density at radius 3 is 2.94 bits per heavy atom. The van der Waals surface area contributed by atoms with Crippen molar-refractivity contribution >= 4 is 22.7 Å². The van der Waals surface area contributed by atoms with Crippen LogP contribution in [0.25, 0.3) is 11.0 Å². The third-order valence-corrected chi connectivity index (χ3v) is 3.21. The molecule has 86 valence electrons. The number of fused-ring (bicyclic) bond motifs is 1. The molecule has 0 spiro atoms. The zero-order valence-electron chi connectivity index (χ0n) is 9.29. The number of benzene rings is 1. The SMILES string of the molecule is CNC(CSC)c1cc2cccc(F)c2o1. The maximum Gasteiger partial charge on any atom is 0.169 e. The number of thioether (sulfide) groups is 1. The molecule has 2 nitrogen and oxygen atoms in total. The van der Waals surface area contributed by atoms with Gasteiger partial charge in [0.1, 0.15) is 5.76 Å². The van der Waals surface area contributed by atoms with E-state index in [9.17, 15) is 4.39 Å².